The van der Waals surface area contributed by atoms with Gasteiger partial charge in [0.25, 0.3) is 11.4 Å². The number of H-pyrrole nitrogens is 1. The van der Waals surface area contributed by atoms with Gasteiger partial charge in [-0.2, -0.15) is 0 Å². The van der Waals surface area contributed by atoms with E-state index in [1.165, 1.54) is 27.7 Å². The molecule has 0 aromatic carbocycles. The molecule has 0 bridgehead atoms. The summed E-state index contributed by atoms with van der Waals surface area (Å²) in [4.78, 5) is 48.4. The van der Waals surface area contributed by atoms with Crippen LogP contribution in [0.2, 0.25) is 0 Å². The molecule has 2 heterocycles. The molecule has 222 valence electrons. The molecule has 1 aromatic rings. The van der Waals surface area contributed by atoms with Crippen LogP contribution in [-0.4, -0.2) is 82.0 Å². The average molecular weight is 588 g/mol. The molecule has 0 amide bonds. The molecule has 4 unspecified atom stereocenters. The number of alkyl halides is 1. The van der Waals surface area contributed by atoms with Crippen molar-refractivity contribution in [2.75, 3.05) is 20.2 Å². The second kappa shape index (κ2) is 13.0. The molecule has 1 fully saturated rings. The van der Waals surface area contributed by atoms with Crippen molar-refractivity contribution < 1.29 is 66.0 Å². The summed E-state index contributed by atoms with van der Waals surface area (Å²) in [6.45, 7) is 3.34. The van der Waals surface area contributed by atoms with Crippen molar-refractivity contribution in [3.8, 4) is 0 Å². The number of rotatable bonds is 12. The number of aliphatic hydroxyl groups excluding tert-OH is 1. The first-order valence-electron chi connectivity index (χ1n) is 11.3. The number of nitrogens with zero attached hydrogens (tertiary/aromatic N) is 1. The molecule has 1 aliphatic rings. The Kier molecular flexibility index (Phi) is 10.8. The number of carbonyl (C=O) groups is 2. The number of nitrogens with one attached hydrogen (secondary N) is 1. The van der Waals surface area contributed by atoms with E-state index in [4.69, 9.17) is 27.8 Å². The highest BCUT2D eigenvalue weighted by Crippen LogP contribution is 2.52. The fourth-order valence-electron chi connectivity index (χ4n) is 3.01. The highest BCUT2D eigenvalue weighted by atomic mass is 31.2. The molecule has 1 aliphatic heterocycles. The van der Waals surface area contributed by atoms with Gasteiger partial charge in [-0.15, -0.1) is 0 Å². The topological polar surface area (TPSA) is 220 Å². The van der Waals surface area contributed by atoms with Crippen LogP contribution < -0.4 is 11.2 Å². The van der Waals surface area contributed by atoms with Crippen molar-refractivity contribution in [2.24, 2.45) is 0 Å². The summed E-state index contributed by atoms with van der Waals surface area (Å²) in [5.41, 5.74) is -4.38. The van der Waals surface area contributed by atoms with E-state index in [0.717, 1.165) is 19.2 Å². The molecular formula is C20H30FN2O15P. The zero-order chi connectivity index (χ0) is 29.6. The van der Waals surface area contributed by atoms with E-state index >= 15 is 4.39 Å². The van der Waals surface area contributed by atoms with Gasteiger partial charge in [0.15, 0.2) is 6.23 Å². The summed E-state index contributed by atoms with van der Waals surface area (Å²) in [6.07, 6.45) is -7.02. The number of halogens is 1. The number of phosphoric acid groups is 1. The summed E-state index contributed by atoms with van der Waals surface area (Å²) in [7, 11) is -4.97. The first kappa shape index (κ1) is 32.4. The second-order valence-electron chi connectivity index (χ2n) is 8.74. The minimum absolute atomic E-state index is 0.569. The summed E-state index contributed by atoms with van der Waals surface area (Å²) in [5.74, 6) is -3.35. The van der Waals surface area contributed by atoms with Gasteiger partial charge in [0.05, 0.1) is 12.2 Å². The van der Waals surface area contributed by atoms with Crippen LogP contribution in [0.4, 0.5) is 14.0 Å². The fraction of sp³-hybridized carbons (Fsp3) is 0.700. The number of aromatic nitrogens is 2. The van der Waals surface area contributed by atoms with Gasteiger partial charge in [-0.05, 0) is 34.6 Å². The summed E-state index contributed by atoms with van der Waals surface area (Å²) in [6, 6.07) is 0.881. The molecule has 4 atom stereocenters. The van der Waals surface area contributed by atoms with Crippen LogP contribution in [0.1, 0.15) is 40.8 Å². The largest absolute Gasteiger partial charge is 0.510 e. The molecule has 1 saturated heterocycles. The number of hydrogen-bond donors (Lipinski definition) is 3. The van der Waals surface area contributed by atoms with Gasteiger partial charge in [-0.3, -0.25) is 18.9 Å². The van der Waals surface area contributed by atoms with Crippen molar-refractivity contribution in [1.82, 2.24) is 9.55 Å². The van der Waals surface area contributed by atoms with E-state index in [-0.39, 0.29) is 0 Å². The highest BCUT2D eigenvalue weighted by Gasteiger charge is 2.63. The molecule has 19 heteroatoms. The van der Waals surface area contributed by atoms with Crippen LogP contribution in [-0.2, 0) is 41.8 Å². The lowest BCUT2D eigenvalue weighted by Gasteiger charge is -2.28. The number of carbonyl (C=O) groups excluding carboxylic acids is 2. The molecule has 1 aromatic heterocycles. The van der Waals surface area contributed by atoms with Crippen molar-refractivity contribution in [1.29, 1.82) is 0 Å². The summed E-state index contributed by atoms with van der Waals surface area (Å²) in [5, 5.41) is 21.1. The van der Waals surface area contributed by atoms with E-state index in [1.54, 1.807) is 0 Å². The van der Waals surface area contributed by atoms with Crippen LogP contribution in [0.25, 0.3) is 0 Å². The van der Waals surface area contributed by atoms with Crippen molar-refractivity contribution in [3.05, 3.63) is 33.1 Å². The Morgan fingerprint density at radius 2 is 1.62 bits per heavy atom. The zero-order valence-corrected chi connectivity index (χ0v) is 22.5. The quantitative estimate of drug-likeness (QED) is 0.176. The standard InChI is InChI=1S/C20H30FN2O15P/c1-11(2)36-17(27)31-9-34-39(30,35-10-32-18(28)37-12(3)4)33-8-20(21)14(25)19(5,29)15(38-20)23-7-6-13(24)22-16(23)26/h6-7,11-12,14-15,25,29H,8-10H2,1-5H3,(H,22,24,26). The summed E-state index contributed by atoms with van der Waals surface area (Å²) >= 11 is 0. The maximum absolute atomic E-state index is 15.7. The van der Waals surface area contributed by atoms with Crippen LogP contribution in [0, 0.1) is 0 Å². The van der Waals surface area contributed by atoms with Crippen molar-refractivity contribution in [2.45, 2.75) is 70.6 Å². The van der Waals surface area contributed by atoms with Gasteiger partial charge >= 0.3 is 25.8 Å². The summed E-state index contributed by atoms with van der Waals surface area (Å²) < 4.78 is 67.3. The number of phosphoric ester groups is 1. The minimum atomic E-state index is -4.97. The maximum atomic E-state index is 15.7. The third kappa shape index (κ3) is 8.82. The maximum Gasteiger partial charge on any atom is 0.510 e. The van der Waals surface area contributed by atoms with Gasteiger partial charge in [-0.25, -0.2) is 32.4 Å². The fourth-order valence-corrected chi connectivity index (χ4v) is 3.94. The monoisotopic (exact) mass is 588 g/mol. The molecule has 39 heavy (non-hydrogen) atoms. The molecule has 0 spiro atoms. The van der Waals surface area contributed by atoms with Gasteiger partial charge in [0.2, 0.25) is 13.6 Å². The molecule has 17 nitrogen and oxygen atoms in total. The lowest BCUT2D eigenvalue weighted by atomic mass is 9.95. The Hall–Kier alpha value is -2.86. The van der Waals surface area contributed by atoms with E-state index in [9.17, 15) is 34.0 Å². The Balaban J connectivity index is 2.17. The Labute approximate surface area is 220 Å². The smallest absolute Gasteiger partial charge is 0.432 e. The lowest BCUT2D eigenvalue weighted by Crippen LogP contribution is -2.50. The molecule has 2 rings (SSSR count). The Morgan fingerprint density at radius 1 is 1.10 bits per heavy atom. The zero-order valence-electron chi connectivity index (χ0n) is 21.6. The van der Waals surface area contributed by atoms with Gasteiger partial charge < -0.3 is 33.9 Å². The predicted molar refractivity (Wildman–Crippen MR) is 123 cm³/mol. The molecule has 3 N–H and O–H groups in total. The Morgan fingerprint density at radius 3 is 2.08 bits per heavy atom. The SMILES string of the molecule is CC(C)OC(=O)OCOP(=O)(OCOC(=O)OC(C)C)OCC1(F)OC(n2ccc(=O)[nH]c2=O)C(C)(O)C1O. The van der Waals surface area contributed by atoms with Crippen LogP contribution in [0.5, 0.6) is 0 Å². The average Bonchev–Trinajstić information content (AvgIpc) is 2.97. The lowest BCUT2D eigenvalue weighted by molar-refractivity contribution is -0.206. The number of ether oxygens (including phenoxy) is 5. The second-order valence-corrected chi connectivity index (χ2v) is 10.4. The van der Waals surface area contributed by atoms with E-state index in [1.807, 2.05) is 4.98 Å². The van der Waals surface area contributed by atoms with E-state index in [2.05, 4.69) is 9.47 Å². The minimum Gasteiger partial charge on any atom is -0.432 e. The molecule has 0 saturated carbocycles. The molecule has 0 aliphatic carbocycles. The first-order valence-corrected chi connectivity index (χ1v) is 12.7. The third-order valence-corrected chi connectivity index (χ3v) is 6.02. The van der Waals surface area contributed by atoms with Gasteiger partial charge in [0, 0.05) is 12.3 Å². The van der Waals surface area contributed by atoms with Crippen LogP contribution >= 0.6 is 7.82 Å². The number of aliphatic hydroxyl groups is 2. The molecular weight excluding hydrogens is 558 g/mol. The third-order valence-electron chi connectivity index (χ3n) is 4.73. The first-order chi connectivity index (χ1) is 18.0. The van der Waals surface area contributed by atoms with Gasteiger partial charge in [-0.1, -0.05) is 0 Å². The van der Waals surface area contributed by atoms with Crippen LogP contribution in [0.15, 0.2) is 21.9 Å². The van der Waals surface area contributed by atoms with Crippen molar-refractivity contribution in [3.63, 3.8) is 0 Å². The van der Waals surface area contributed by atoms with Gasteiger partial charge in [0.1, 0.15) is 18.3 Å². The van der Waals surface area contributed by atoms with E-state index in [0.29, 0.717) is 4.57 Å². The highest BCUT2D eigenvalue weighted by molar-refractivity contribution is 7.48. The Bertz CT molecular complexity index is 1140. The van der Waals surface area contributed by atoms with Crippen LogP contribution in [0.3, 0.4) is 0 Å². The number of hydrogen-bond acceptors (Lipinski definition) is 15. The van der Waals surface area contributed by atoms with E-state index < -0.39 is 87.6 Å². The molecule has 0 radical (unpaired) electrons. The predicted octanol–water partition coefficient (Wildman–Crippen LogP) is 1.04. The van der Waals surface area contributed by atoms with Crippen molar-refractivity contribution >= 4 is 20.1 Å². The normalized spacial score (nSPS) is 25.1. The number of aromatic amines is 1.